The first-order valence-corrected chi connectivity index (χ1v) is 21.7. The smallest absolute Gasteiger partial charge is 0.0715 e. The summed E-state index contributed by atoms with van der Waals surface area (Å²) in [5.41, 5.74) is 18.4. The third-order valence-electron chi connectivity index (χ3n) is 12.6. The number of para-hydroxylation sites is 3. The van der Waals surface area contributed by atoms with Crippen LogP contribution in [-0.4, -0.2) is 14.1 Å². The molecule has 0 unspecified atom stereocenters. The maximum Gasteiger partial charge on any atom is 0.0715 e. The van der Waals surface area contributed by atoms with Crippen molar-refractivity contribution < 1.29 is 0 Å². The molecule has 0 fully saturated rings. The van der Waals surface area contributed by atoms with Crippen molar-refractivity contribution in [2.45, 2.75) is 6.42 Å². The van der Waals surface area contributed by atoms with Gasteiger partial charge in [0, 0.05) is 38.5 Å². The van der Waals surface area contributed by atoms with E-state index in [0.717, 1.165) is 51.4 Å². The zero-order valence-corrected chi connectivity index (χ0v) is 34.6. The van der Waals surface area contributed by atoms with Gasteiger partial charge >= 0.3 is 0 Å². The Labute approximate surface area is 366 Å². The molecule has 1 aliphatic rings. The van der Waals surface area contributed by atoms with Crippen molar-refractivity contribution in [3.8, 4) is 56.0 Å². The first-order chi connectivity index (χ1) is 31.2. The minimum absolute atomic E-state index is 0.890. The number of rotatable bonds is 7. The van der Waals surface area contributed by atoms with E-state index in [-0.39, 0.29) is 0 Å². The molecule has 0 saturated heterocycles. The number of benzene rings is 8. The van der Waals surface area contributed by atoms with Gasteiger partial charge in [0.15, 0.2) is 0 Å². The molecule has 0 bridgehead atoms. The number of hydrogen-bond acceptors (Lipinski definition) is 1. The van der Waals surface area contributed by atoms with Crippen molar-refractivity contribution in [2.75, 3.05) is 0 Å². The molecule has 3 heteroatoms. The minimum Gasteiger partial charge on any atom is -0.309 e. The Kier molecular flexibility index (Phi) is 8.90. The van der Waals surface area contributed by atoms with Crippen LogP contribution in [0.25, 0.3) is 105 Å². The highest BCUT2D eigenvalue weighted by Crippen LogP contribution is 2.39. The van der Waals surface area contributed by atoms with Gasteiger partial charge in [-0.15, -0.1) is 0 Å². The summed E-state index contributed by atoms with van der Waals surface area (Å²) in [7, 11) is 0. The SMILES string of the molecule is C1=CCC=C(c2cc(-c3ccc(-c4ccc(-n5c6ccccc6c6cc(-c7ccc8c9ccccc9n(-c9ccccc9)c8c7)ccc65)cc4)cc3)cc(-c3ccccc3)n2)C=C1. The third-order valence-corrected chi connectivity index (χ3v) is 12.6. The van der Waals surface area contributed by atoms with Crippen molar-refractivity contribution in [2.24, 2.45) is 0 Å². The van der Waals surface area contributed by atoms with Gasteiger partial charge in [0.05, 0.1) is 33.5 Å². The molecule has 0 amide bonds. The summed E-state index contributed by atoms with van der Waals surface area (Å²) in [5, 5.41) is 5.00. The Morgan fingerprint density at radius 1 is 0.333 bits per heavy atom. The molecule has 3 aromatic heterocycles. The summed E-state index contributed by atoms with van der Waals surface area (Å²) in [4.78, 5) is 5.12. The van der Waals surface area contributed by atoms with E-state index in [4.69, 9.17) is 4.98 Å². The van der Waals surface area contributed by atoms with Gasteiger partial charge in [0.1, 0.15) is 0 Å². The van der Waals surface area contributed by atoms with E-state index in [1.165, 1.54) is 65.9 Å². The highest BCUT2D eigenvalue weighted by Gasteiger charge is 2.17. The van der Waals surface area contributed by atoms with Gasteiger partial charge in [-0.25, -0.2) is 4.98 Å². The Bertz CT molecular complexity index is 3600. The second-order valence-corrected chi connectivity index (χ2v) is 16.3. The van der Waals surface area contributed by atoms with E-state index in [9.17, 15) is 0 Å². The Balaban J connectivity index is 0.884. The lowest BCUT2D eigenvalue weighted by molar-refractivity contribution is 1.18. The Morgan fingerprint density at radius 3 is 1.60 bits per heavy atom. The summed E-state index contributed by atoms with van der Waals surface area (Å²) in [6.07, 6.45) is 11.7. The summed E-state index contributed by atoms with van der Waals surface area (Å²) < 4.78 is 4.79. The molecule has 12 rings (SSSR count). The van der Waals surface area contributed by atoms with Crippen molar-refractivity contribution in [3.63, 3.8) is 0 Å². The van der Waals surface area contributed by atoms with E-state index in [0.29, 0.717) is 0 Å². The first-order valence-electron chi connectivity index (χ1n) is 21.7. The number of fused-ring (bicyclic) bond motifs is 6. The lowest BCUT2D eigenvalue weighted by Crippen LogP contribution is -1.94. The monoisotopic (exact) mass is 803 g/mol. The molecule has 3 nitrogen and oxygen atoms in total. The molecule has 0 spiro atoms. The highest BCUT2D eigenvalue weighted by molar-refractivity contribution is 6.12. The van der Waals surface area contributed by atoms with E-state index in [1.54, 1.807) is 0 Å². The topological polar surface area (TPSA) is 22.8 Å². The summed E-state index contributed by atoms with van der Waals surface area (Å²) in [6, 6.07) is 74.9. The predicted octanol–water partition coefficient (Wildman–Crippen LogP) is 15.8. The molecule has 0 saturated carbocycles. The zero-order valence-electron chi connectivity index (χ0n) is 34.6. The first kappa shape index (κ1) is 36.6. The lowest BCUT2D eigenvalue weighted by atomic mass is 9.97. The van der Waals surface area contributed by atoms with E-state index >= 15 is 0 Å². The number of pyridine rings is 1. The molecular formula is C60H41N3. The second kappa shape index (κ2) is 15.3. The maximum absolute atomic E-state index is 5.12. The molecule has 8 aromatic carbocycles. The normalized spacial score (nSPS) is 12.7. The van der Waals surface area contributed by atoms with Crippen LogP contribution in [0.1, 0.15) is 12.1 Å². The van der Waals surface area contributed by atoms with Crippen molar-refractivity contribution in [1.29, 1.82) is 0 Å². The van der Waals surface area contributed by atoms with Gasteiger partial charge in [-0.05, 0) is 112 Å². The van der Waals surface area contributed by atoms with Crippen molar-refractivity contribution >= 4 is 49.2 Å². The average molecular weight is 804 g/mol. The summed E-state index contributed by atoms with van der Waals surface area (Å²) in [5.74, 6) is 0. The molecule has 0 atom stereocenters. The number of hydrogen-bond donors (Lipinski definition) is 0. The fraction of sp³-hybridized carbons (Fsp3) is 0.0167. The quantitative estimate of drug-likeness (QED) is 0.157. The molecule has 3 heterocycles. The fourth-order valence-electron chi connectivity index (χ4n) is 9.47. The molecule has 0 N–H and O–H groups in total. The van der Waals surface area contributed by atoms with Crippen LogP contribution in [0.4, 0.5) is 0 Å². The van der Waals surface area contributed by atoms with Crippen LogP contribution in [0, 0.1) is 0 Å². The van der Waals surface area contributed by atoms with Crippen LogP contribution < -0.4 is 0 Å². The van der Waals surface area contributed by atoms with E-state index < -0.39 is 0 Å². The van der Waals surface area contributed by atoms with E-state index in [2.05, 4.69) is 246 Å². The fourth-order valence-corrected chi connectivity index (χ4v) is 9.47. The maximum atomic E-state index is 5.12. The lowest BCUT2D eigenvalue weighted by Gasteiger charge is -2.12. The van der Waals surface area contributed by atoms with Gasteiger partial charge in [0.2, 0.25) is 0 Å². The van der Waals surface area contributed by atoms with Gasteiger partial charge in [-0.1, -0.05) is 170 Å². The average Bonchev–Trinajstić information content (AvgIpc) is 3.71. The summed E-state index contributed by atoms with van der Waals surface area (Å²) in [6.45, 7) is 0. The molecule has 11 aromatic rings. The number of allylic oxidation sites excluding steroid dienone is 6. The van der Waals surface area contributed by atoms with Gasteiger partial charge in [-0.2, -0.15) is 0 Å². The molecule has 0 radical (unpaired) electrons. The van der Waals surface area contributed by atoms with Crippen LogP contribution >= 0.6 is 0 Å². The second-order valence-electron chi connectivity index (χ2n) is 16.3. The molecule has 63 heavy (non-hydrogen) atoms. The van der Waals surface area contributed by atoms with Crippen LogP contribution in [0.15, 0.2) is 237 Å². The van der Waals surface area contributed by atoms with Crippen LogP contribution in [-0.2, 0) is 0 Å². The summed E-state index contributed by atoms with van der Waals surface area (Å²) >= 11 is 0. The third kappa shape index (κ3) is 6.50. The van der Waals surface area contributed by atoms with Gasteiger partial charge in [-0.3, -0.25) is 0 Å². The minimum atomic E-state index is 0.890. The Morgan fingerprint density at radius 2 is 0.857 bits per heavy atom. The number of nitrogens with zero attached hydrogens (tertiary/aromatic N) is 3. The molecule has 296 valence electrons. The predicted molar refractivity (Wildman–Crippen MR) is 266 cm³/mol. The van der Waals surface area contributed by atoms with Gasteiger partial charge in [0.25, 0.3) is 0 Å². The zero-order chi connectivity index (χ0) is 41.7. The molecular weight excluding hydrogens is 763 g/mol. The molecule has 1 aliphatic carbocycles. The highest BCUT2D eigenvalue weighted by atomic mass is 15.0. The Hall–Kier alpha value is -8.27. The van der Waals surface area contributed by atoms with Crippen molar-refractivity contribution in [1.82, 2.24) is 14.1 Å². The largest absolute Gasteiger partial charge is 0.309 e. The molecule has 0 aliphatic heterocycles. The van der Waals surface area contributed by atoms with Gasteiger partial charge < -0.3 is 9.13 Å². The standard InChI is InChI=1S/C60H41N3/c1-2-6-16-44(15-5-1)55-38-48(39-56(61-55)45-17-7-3-8-18-45)43-27-25-41(26-28-43)42-29-33-50(34-30-42)62-58-24-14-12-22-52(58)54-37-46(32-36-59(54)62)47-31-35-53-51-21-11-13-23-57(51)63(60(53)40-47)49-19-9-4-10-20-49/h1-5,7-40H,6H2. The number of aromatic nitrogens is 3. The van der Waals surface area contributed by atoms with E-state index in [1.807, 2.05) is 0 Å². The van der Waals surface area contributed by atoms with Crippen LogP contribution in [0.5, 0.6) is 0 Å². The van der Waals surface area contributed by atoms with Crippen LogP contribution in [0.3, 0.4) is 0 Å². The van der Waals surface area contributed by atoms with Crippen molar-refractivity contribution in [3.05, 3.63) is 242 Å². The van der Waals surface area contributed by atoms with Crippen LogP contribution in [0.2, 0.25) is 0 Å².